The van der Waals surface area contributed by atoms with E-state index in [1.165, 1.54) is 0 Å². The summed E-state index contributed by atoms with van der Waals surface area (Å²) in [7, 11) is 1.76. The van der Waals surface area contributed by atoms with Gasteiger partial charge in [0.05, 0.1) is 5.52 Å². The summed E-state index contributed by atoms with van der Waals surface area (Å²) in [5.74, 6) is 0. The van der Waals surface area contributed by atoms with Gasteiger partial charge in [0.2, 0.25) is 0 Å². The third-order valence-corrected chi connectivity index (χ3v) is 2.39. The molecule has 2 aromatic rings. The van der Waals surface area contributed by atoms with Crippen molar-refractivity contribution in [2.24, 2.45) is 7.05 Å². The number of nitrogens with zero attached hydrogens (tertiary/aromatic N) is 1. The van der Waals surface area contributed by atoms with Crippen molar-refractivity contribution in [2.45, 2.75) is 4.90 Å². The number of fused-ring (bicyclic) bond motifs is 1. The second-order valence-corrected chi connectivity index (χ2v) is 3.49. The highest BCUT2D eigenvalue weighted by molar-refractivity contribution is 7.80. The highest BCUT2D eigenvalue weighted by Gasteiger charge is 1.98. The maximum absolute atomic E-state index is 11.3. The molecule has 0 fully saturated rings. The van der Waals surface area contributed by atoms with Crippen LogP contribution >= 0.6 is 12.6 Å². The van der Waals surface area contributed by atoms with Crippen molar-refractivity contribution in [1.82, 2.24) is 4.57 Å². The Balaban J connectivity index is 2.97. The van der Waals surface area contributed by atoms with Crippen LogP contribution in [0, 0.1) is 0 Å². The molecule has 2 nitrogen and oxygen atoms in total. The monoisotopic (exact) mass is 191 g/mol. The molecule has 66 valence electrons. The van der Waals surface area contributed by atoms with E-state index in [-0.39, 0.29) is 5.56 Å². The molecule has 0 amide bonds. The minimum absolute atomic E-state index is 0.00596. The maximum Gasteiger partial charge on any atom is 0.250 e. The van der Waals surface area contributed by atoms with Gasteiger partial charge in [0, 0.05) is 18.0 Å². The van der Waals surface area contributed by atoms with E-state index in [0.29, 0.717) is 0 Å². The molecule has 0 bridgehead atoms. The molecule has 13 heavy (non-hydrogen) atoms. The first-order chi connectivity index (χ1) is 6.18. The lowest BCUT2D eigenvalue weighted by molar-refractivity contribution is 0.904. The Kier molecular flexibility index (Phi) is 1.88. The largest absolute Gasteiger partial charge is 0.311 e. The molecule has 0 aliphatic heterocycles. The summed E-state index contributed by atoms with van der Waals surface area (Å²) in [6.45, 7) is 0. The fourth-order valence-electron chi connectivity index (χ4n) is 1.36. The highest BCUT2D eigenvalue weighted by atomic mass is 32.1. The molecule has 2 rings (SSSR count). The molecule has 0 unspecified atom stereocenters. The van der Waals surface area contributed by atoms with Gasteiger partial charge in [0.15, 0.2) is 0 Å². The van der Waals surface area contributed by atoms with Gasteiger partial charge in [-0.05, 0) is 23.6 Å². The van der Waals surface area contributed by atoms with Crippen LogP contribution in [0.25, 0.3) is 10.9 Å². The van der Waals surface area contributed by atoms with E-state index < -0.39 is 0 Å². The summed E-state index contributed by atoms with van der Waals surface area (Å²) in [6, 6.07) is 9.15. The summed E-state index contributed by atoms with van der Waals surface area (Å²) in [6.07, 6.45) is 0. The van der Waals surface area contributed by atoms with Crippen LogP contribution in [0.2, 0.25) is 0 Å². The van der Waals surface area contributed by atoms with Crippen LogP contribution in [-0.2, 0) is 7.05 Å². The van der Waals surface area contributed by atoms with Crippen molar-refractivity contribution < 1.29 is 0 Å². The van der Waals surface area contributed by atoms with Crippen molar-refractivity contribution in [1.29, 1.82) is 0 Å². The zero-order valence-electron chi connectivity index (χ0n) is 7.19. The van der Waals surface area contributed by atoms with Crippen LogP contribution in [0.3, 0.4) is 0 Å². The number of hydrogen-bond donors (Lipinski definition) is 1. The van der Waals surface area contributed by atoms with Crippen molar-refractivity contribution in [3.63, 3.8) is 0 Å². The Bertz CT molecular complexity index is 516. The molecule has 1 aromatic carbocycles. The molecule has 0 spiro atoms. The molecule has 0 saturated heterocycles. The second kappa shape index (κ2) is 2.92. The number of benzene rings is 1. The highest BCUT2D eigenvalue weighted by Crippen LogP contribution is 2.15. The minimum atomic E-state index is 0.00596. The lowest BCUT2D eigenvalue weighted by atomic mass is 10.2. The predicted octanol–water partition coefficient (Wildman–Crippen LogP) is 1.83. The summed E-state index contributed by atoms with van der Waals surface area (Å²) < 4.78 is 1.62. The van der Waals surface area contributed by atoms with Gasteiger partial charge in [-0.2, -0.15) is 0 Å². The number of thiol groups is 1. The van der Waals surface area contributed by atoms with Crippen molar-refractivity contribution >= 4 is 23.5 Å². The SMILES string of the molecule is Cn1c(=O)ccc2ccc(S)cc21. The first-order valence-corrected chi connectivity index (χ1v) is 4.42. The zero-order chi connectivity index (χ0) is 9.42. The van der Waals surface area contributed by atoms with E-state index in [4.69, 9.17) is 0 Å². The van der Waals surface area contributed by atoms with Gasteiger partial charge < -0.3 is 4.57 Å². The lowest BCUT2D eigenvalue weighted by Crippen LogP contribution is -2.14. The Morgan fingerprint density at radius 2 is 1.92 bits per heavy atom. The average molecular weight is 191 g/mol. The Hall–Kier alpha value is -1.22. The molecule has 0 saturated carbocycles. The minimum Gasteiger partial charge on any atom is -0.311 e. The number of hydrogen-bond acceptors (Lipinski definition) is 2. The van der Waals surface area contributed by atoms with Crippen LogP contribution in [0.1, 0.15) is 0 Å². The van der Waals surface area contributed by atoms with E-state index in [0.717, 1.165) is 15.8 Å². The fourth-order valence-corrected chi connectivity index (χ4v) is 1.55. The first-order valence-electron chi connectivity index (χ1n) is 3.97. The molecule has 0 atom stereocenters. The van der Waals surface area contributed by atoms with Crippen molar-refractivity contribution in [3.05, 3.63) is 40.7 Å². The molecule has 1 aromatic heterocycles. The second-order valence-electron chi connectivity index (χ2n) is 2.97. The summed E-state index contributed by atoms with van der Waals surface area (Å²) in [5.41, 5.74) is 0.923. The Labute approximate surface area is 81.2 Å². The van der Waals surface area contributed by atoms with E-state index in [1.807, 2.05) is 24.3 Å². The van der Waals surface area contributed by atoms with E-state index >= 15 is 0 Å². The van der Waals surface area contributed by atoms with E-state index in [1.54, 1.807) is 17.7 Å². The van der Waals surface area contributed by atoms with Gasteiger partial charge in [-0.25, -0.2) is 0 Å². The van der Waals surface area contributed by atoms with Crippen LogP contribution in [0.15, 0.2) is 40.0 Å². The number of pyridine rings is 1. The third-order valence-electron chi connectivity index (χ3n) is 2.11. The average Bonchev–Trinajstić information content (AvgIpc) is 2.12. The van der Waals surface area contributed by atoms with Crippen molar-refractivity contribution in [2.75, 3.05) is 0 Å². The topological polar surface area (TPSA) is 22.0 Å². The van der Waals surface area contributed by atoms with Gasteiger partial charge in [-0.3, -0.25) is 4.79 Å². The first kappa shape index (κ1) is 8.38. The molecule has 0 aliphatic carbocycles. The quantitative estimate of drug-likeness (QED) is 0.630. The molecule has 0 radical (unpaired) electrons. The molecular weight excluding hydrogens is 182 g/mol. The zero-order valence-corrected chi connectivity index (χ0v) is 8.08. The van der Waals surface area contributed by atoms with Crippen LogP contribution < -0.4 is 5.56 Å². The molecule has 3 heteroatoms. The Morgan fingerprint density at radius 1 is 1.23 bits per heavy atom. The standard InChI is InChI=1S/C10H9NOS/c1-11-9-6-8(13)4-2-7(9)3-5-10(11)12/h2-6,13H,1H3. The van der Waals surface area contributed by atoms with Gasteiger partial charge in [0.25, 0.3) is 5.56 Å². The third kappa shape index (κ3) is 1.35. The smallest absolute Gasteiger partial charge is 0.250 e. The van der Waals surface area contributed by atoms with Crippen LogP contribution in [0.4, 0.5) is 0 Å². The van der Waals surface area contributed by atoms with Crippen LogP contribution in [-0.4, -0.2) is 4.57 Å². The fraction of sp³-hybridized carbons (Fsp3) is 0.100. The number of rotatable bonds is 0. The lowest BCUT2D eigenvalue weighted by Gasteiger charge is -2.03. The predicted molar refractivity (Wildman–Crippen MR) is 56.4 cm³/mol. The Morgan fingerprint density at radius 3 is 2.69 bits per heavy atom. The normalized spacial score (nSPS) is 10.6. The summed E-state index contributed by atoms with van der Waals surface area (Å²) in [4.78, 5) is 12.2. The summed E-state index contributed by atoms with van der Waals surface area (Å²) in [5, 5.41) is 1.06. The van der Waals surface area contributed by atoms with Gasteiger partial charge in [-0.1, -0.05) is 6.07 Å². The van der Waals surface area contributed by atoms with Crippen molar-refractivity contribution in [3.8, 4) is 0 Å². The molecule has 0 N–H and O–H groups in total. The molecular formula is C10H9NOS. The van der Waals surface area contributed by atoms with Gasteiger partial charge in [0.1, 0.15) is 0 Å². The number of aryl methyl sites for hydroxylation is 1. The van der Waals surface area contributed by atoms with E-state index in [9.17, 15) is 4.79 Å². The maximum atomic E-state index is 11.3. The number of aromatic nitrogens is 1. The van der Waals surface area contributed by atoms with Crippen LogP contribution in [0.5, 0.6) is 0 Å². The van der Waals surface area contributed by atoms with Gasteiger partial charge >= 0.3 is 0 Å². The molecule has 0 aliphatic rings. The molecule has 1 heterocycles. The van der Waals surface area contributed by atoms with E-state index in [2.05, 4.69) is 12.6 Å². The summed E-state index contributed by atoms with van der Waals surface area (Å²) >= 11 is 4.23. The van der Waals surface area contributed by atoms with Gasteiger partial charge in [-0.15, -0.1) is 12.6 Å².